The number of rotatable bonds is 3. The highest BCUT2D eigenvalue weighted by Crippen LogP contribution is 2.29. The lowest BCUT2D eigenvalue weighted by Crippen LogP contribution is -2.47. The molecule has 0 fully saturated rings. The molecular weight excluding hydrogens is 317 g/mol. The number of aromatic nitrogens is 2. The van der Waals surface area contributed by atoms with Crippen molar-refractivity contribution in [2.45, 2.75) is 39.0 Å². The molecule has 2 rings (SSSR count). The van der Waals surface area contributed by atoms with Crippen LogP contribution in [0.2, 0.25) is 0 Å². The van der Waals surface area contributed by atoms with E-state index < -0.39 is 36.0 Å². The lowest BCUT2D eigenvalue weighted by Gasteiger charge is -2.37. The summed E-state index contributed by atoms with van der Waals surface area (Å²) in [7, 11) is 0. The first kappa shape index (κ1) is 17.1. The van der Waals surface area contributed by atoms with Gasteiger partial charge in [0.25, 0.3) is 5.91 Å². The first-order chi connectivity index (χ1) is 10.5. The van der Waals surface area contributed by atoms with Crippen LogP contribution in [0.3, 0.4) is 0 Å². The summed E-state index contributed by atoms with van der Waals surface area (Å²) < 4.78 is 38.3. The maximum Gasteiger partial charge on any atom is 0.405 e. The standard InChI is InChI=1S/C13H17F3N4O3/c1-6(2)19-4-7(3)20-8(11(19)23)9(21)10(22)18-12(20)17-5-13(14,15)16/h6-7,21H,4-5H2,1-3H3,(H,17,18,22)/t7-/m0/s1. The zero-order valence-corrected chi connectivity index (χ0v) is 12.8. The zero-order chi connectivity index (χ0) is 17.5. The first-order valence-corrected chi connectivity index (χ1v) is 7.00. The number of anilines is 1. The van der Waals surface area contributed by atoms with Crippen LogP contribution >= 0.6 is 0 Å². The fourth-order valence-electron chi connectivity index (χ4n) is 2.49. The van der Waals surface area contributed by atoms with Crippen LogP contribution in [-0.4, -0.2) is 50.8 Å². The number of nitrogens with zero attached hydrogens (tertiary/aromatic N) is 3. The van der Waals surface area contributed by atoms with Gasteiger partial charge < -0.3 is 15.3 Å². The molecule has 1 aliphatic heterocycles. The van der Waals surface area contributed by atoms with Crippen LogP contribution in [0.15, 0.2) is 4.79 Å². The van der Waals surface area contributed by atoms with Crippen LogP contribution in [0, 0.1) is 0 Å². The summed E-state index contributed by atoms with van der Waals surface area (Å²) in [5, 5.41) is 11.9. The van der Waals surface area contributed by atoms with Gasteiger partial charge in [-0.15, -0.1) is 0 Å². The summed E-state index contributed by atoms with van der Waals surface area (Å²) in [4.78, 5) is 29.0. The molecule has 0 aliphatic carbocycles. The van der Waals surface area contributed by atoms with Gasteiger partial charge in [0.2, 0.25) is 11.7 Å². The summed E-state index contributed by atoms with van der Waals surface area (Å²) in [6, 6.07) is -0.646. The summed E-state index contributed by atoms with van der Waals surface area (Å²) in [5.41, 5.74) is -1.49. The molecule has 0 bridgehead atoms. The summed E-state index contributed by atoms with van der Waals surface area (Å²) >= 11 is 0. The third kappa shape index (κ3) is 3.25. The van der Waals surface area contributed by atoms with Gasteiger partial charge in [-0.25, -0.2) is 0 Å². The fourth-order valence-corrected chi connectivity index (χ4v) is 2.49. The predicted octanol–water partition coefficient (Wildman–Crippen LogP) is 1.35. The van der Waals surface area contributed by atoms with E-state index in [9.17, 15) is 27.9 Å². The highest BCUT2D eigenvalue weighted by molar-refractivity contribution is 5.96. The van der Waals surface area contributed by atoms with E-state index in [1.54, 1.807) is 20.8 Å². The number of alkyl halides is 3. The highest BCUT2D eigenvalue weighted by atomic mass is 19.4. The second-order valence-corrected chi connectivity index (χ2v) is 5.68. The van der Waals surface area contributed by atoms with E-state index >= 15 is 0 Å². The van der Waals surface area contributed by atoms with Crippen molar-refractivity contribution >= 4 is 11.9 Å². The topological polar surface area (TPSA) is 87.5 Å². The molecule has 128 valence electrons. The molecule has 1 aromatic rings. The lowest BCUT2D eigenvalue weighted by atomic mass is 10.1. The second kappa shape index (κ2) is 5.74. The average Bonchev–Trinajstić information content (AvgIpc) is 2.42. The van der Waals surface area contributed by atoms with E-state index in [2.05, 4.69) is 4.98 Å². The van der Waals surface area contributed by atoms with Crippen molar-refractivity contribution in [1.29, 1.82) is 0 Å². The predicted molar refractivity (Wildman–Crippen MR) is 75.6 cm³/mol. The number of aromatic hydroxyl groups is 1. The van der Waals surface area contributed by atoms with Crippen molar-refractivity contribution in [3.63, 3.8) is 0 Å². The Hall–Kier alpha value is -2.26. The maximum atomic E-state index is 12.5. The first-order valence-electron chi connectivity index (χ1n) is 7.00. The molecule has 0 unspecified atom stereocenters. The van der Waals surface area contributed by atoms with Gasteiger partial charge in [-0.1, -0.05) is 0 Å². The Morgan fingerprint density at radius 2 is 2.00 bits per heavy atom. The normalized spacial score (nSPS) is 18.3. The Kier molecular flexibility index (Phi) is 4.27. The Morgan fingerprint density at radius 1 is 1.39 bits per heavy atom. The molecular formula is C13H17F3N4O3. The van der Waals surface area contributed by atoms with Crippen LogP contribution in [-0.2, 0) is 0 Å². The van der Waals surface area contributed by atoms with Crippen molar-refractivity contribution in [3.8, 4) is 5.75 Å². The van der Waals surface area contributed by atoms with Crippen molar-refractivity contribution in [1.82, 2.24) is 14.5 Å². The van der Waals surface area contributed by atoms with Gasteiger partial charge in [-0.05, 0) is 20.8 Å². The zero-order valence-electron chi connectivity index (χ0n) is 12.8. The quantitative estimate of drug-likeness (QED) is 0.871. The molecule has 1 aliphatic rings. The summed E-state index contributed by atoms with van der Waals surface area (Å²) in [6.07, 6.45) is -4.51. The summed E-state index contributed by atoms with van der Waals surface area (Å²) in [5.74, 6) is -1.86. The molecule has 1 aromatic heterocycles. The average molecular weight is 334 g/mol. The number of nitrogens with one attached hydrogen (secondary N) is 1. The van der Waals surface area contributed by atoms with Crippen LogP contribution in [0.5, 0.6) is 5.75 Å². The lowest BCUT2D eigenvalue weighted by molar-refractivity contribution is -0.115. The number of halogens is 3. The van der Waals surface area contributed by atoms with E-state index in [4.69, 9.17) is 0 Å². The van der Waals surface area contributed by atoms with E-state index in [0.717, 1.165) is 4.57 Å². The number of hydrogen-bond acceptors (Lipinski definition) is 5. The molecule has 7 nitrogen and oxygen atoms in total. The largest absolute Gasteiger partial charge is 0.501 e. The maximum absolute atomic E-state index is 12.5. The molecule has 0 aromatic carbocycles. The monoisotopic (exact) mass is 334 g/mol. The van der Waals surface area contributed by atoms with Crippen LogP contribution in [0.4, 0.5) is 19.1 Å². The van der Waals surface area contributed by atoms with E-state index in [-0.39, 0.29) is 24.2 Å². The molecule has 1 atom stereocenters. The minimum absolute atomic E-state index is 0.187. The Bertz CT molecular complexity index is 684. The van der Waals surface area contributed by atoms with E-state index in [1.165, 1.54) is 4.90 Å². The molecule has 2 heterocycles. The number of carbonyl (C=O) groups excluding carboxylic acids is 1. The Balaban J connectivity index is 2.56. The minimum atomic E-state index is -4.51. The number of amides is 1. The third-order valence-corrected chi connectivity index (χ3v) is 3.54. The third-order valence-electron chi connectivity index (χ3n) is 3.54. The van der Waals surface area contributed by atoms with Crippen molar-refractivity contribution in [3.05, 3.63) is 16.0 Å². The molecule has 1 amide bonds. The number of carbonyl (C=O) groups is 1. The van der Waals surface area contributed by atoms with Gasteiger partial charge in [0.1, 0.15) is 6.54 Å². The molecule has 0 saturated heterocycles. The highest BCUT2D eigenvalue weighted by Gasteiger charge is 2.36. The molecule has 0 radical (unpaired) electrons. The molecule has 0 saturated carbocycles. The van der Waals surface area contributed by atoms with Crippen molar-refractivity contribution in [2.24, 2.45) is 0 Å². The fraction of sp³-hybridized carbons (Fsp3) is 0.615. The van der Waals surface area contributed by atoms with Gasteiger partial charge in [0, 0.05) is 12.6 Å². The van der Waals surface area contributed by atoms with E-state index in [0.29, 0.717) is 0 Å². The second-order valence-electron chi connectivity index (χ2n) is 5.68. The van der Waals surface area contributed by atoms with Gasteiger partial charge in [0.15, 0.2) is 5.69 Å². The SMILES string of the molecule is CC(C)N1C[C@H](C)n2c(NCC(F)(F)F)nc(=O)c(O)c2C1=O. The van der Waals surface area contributed by atoms with Gasteiger partial charge in [-0.2, -0.15) is 18.2 Å². The van der Waals surface area contributed by atoms with Crippen LogP contribution in [0.25, 0.3) is 0 Å². The number of fused-ring (bicyclic) bond motifs is 1. The Labute approximate surface area is 129 Å². The van der Waals surface area contributed by atoms with Crippen molar-refractivity contribution < 1.29 is 23.1 Å². The molecule has 10 heteroatoms. The number of hydrogen-bond donors (Lipinski definition) is 2. The minimum Gasteiger partial charge on any atom is -0.501 e. The molecule has 2 N–H and O–H groups in total. The molecule has 23 heavy (non-hydrogen) atoms. The Morgan fingerprint density at radius 3 is 2.52 bits per heavy atom. The molecule has 0 spiro atoms. The van der Waals surface area contributed by atoms with Crippen LogP contribution in [0.1, 0.15) is 37.3 Å². The van der Waals surface area contributed by atoms with Crippen molar-refractivity contribution in [2.75, 3.05) is 18.4 Å². The van der Waals surface area contributed by atoms with Gasteiger partial charge >= 0.3 is 11.7 Å². The van der Waals surface area contributed by atoms with Gasteiger partial charge in [-0.3, -0.25) is 14.2 Å². The van der Waals surface area contributed by atoms with Gasteiger partial charge in [0.05, 0.1) is 6.04 Å². The van der Waals surface area contributed by atoms with Crippen LogP contribution < -0.4 is 10.9 Å². The smallest absolute Gasteiger partial charge is 0.405 e. The summed E-state index contributed by atoms with van der Waals surface area (Å²) in [6.45, 7) is 4.02. The van der Waals surface area contributed by atoms with E-state index in [1.807, 2.05) is 5.32 Å².